The number of fused-ring (bicyclic) bond motifs is 3. The molecular formula is C17H16N2OS2. The Bertz CT molecular complexity index is 829. The Hall–Kier alpha value is -1.59. The summed E-state index contributed by atoms with van der Waals surface area (Å²) in [6.07, 6.45) is 5.33. The van der Waals surface area contributed by atoms with Gasteiger partial charge in [0.05, 0.1) is 7.11 Å². The zero-order valence-corrected chi connectivity index (χ0v) is 14.0. The molecule has 0 amide bonds. The first-order chi connectivity index (χ1) is 10.9. The van der Waals surface area contributed by atoms with Crippen LogP contribution in [0, 0.1) is 0 Å². The molecule has 3 nitrogen and oxygen atoms in total. The fourth-order valence-corrected chi connectivity index (χ4v) is 5.29. The van der Waals surface area contributed by atoms with Crippen molar-refractivity contribution in [1.82, 2.24) is 9.97 Å². The average molecular weight is 328 g/mol. The summed E-state index contributed by atoms with van der Waals surface area (Å²) in [6, 6.07) is 8.17. The second kappa shape index (κ2) is 5.89. The second-order valence-corrected chi connectivity index (χ2v) is 7.36. The number of nitrogens with zero attached hydrogens (tertiary/aromatic N) is 2. The number of aryl methyl sites for hydroxylation is 2. The van der Waals surface area contributed by atoms with Crippen molar-refractivity contribution in [2.75, 3.05) is 7.11 Å². The molecule has 0 unspecified atom stereocenters. The van der Waals surface area contributed by atoms with Crippen molar-refractivity contribution in [3.8, 4) is 5.75 Å². The smallest absolute Gasteiger partial charge is 0.128 e. The number of ether oxygens (including phenoxy) is 1. The minimum Gasteiger partial charge on any atom is -0.496 e. The van der Waals surface area contributed by atoms with Crippen molar-refractivity contribution in [2.24, 2.45) is 0 Å². The van der Waals surface area contributed by atoms with Gasteiger partial charge in [0, 0.05) is 21.6 Å². The number of para-hydroxylation sites is 1. The molecule has 1 aliphatic carbocycles. The number of thioether (sulfide) groups is 1. The number of hydrogen-bond donors (Lipinski definition) is 0. The molecule has 5 heteroatoms. The predicted octanol–water partition coefficient (Wildman–Crippen LogP) is 4.48. The highest BCUT2D eigenvalue weighted by molar-refractivity contribution is 7.98. The summed E-state index contributed by atoms with van der Waals surface area (Å²) in [4.78, 5) is 11.7. The van der Waals surface area contributed by atoms with Crippen molar-refractivity contribution in [2.45, 2.75) is 30.0 Å². The molecule has 112 valence electrons. The van der Waals surface area contributed by atoms with Crippen LogP contribution >= 0.6 is 23.1 Å². The summed E-state index contributed by atoms with van der Waals surface area (Å²) < 4.78 is 5.44. The highest BCUT2D eigenvalue weighted by Gasteiger charge is 2.21. The van der Waals surface area contributed by atoms with E-state index in [1.807, 2.05) is 23.5 Å². The molecule has 0 spiro atoms. The zero-order valence-electron chi connectivity index (χ0n) is 12.3. The lowest BCUT2D eigenvalue weighted by Crippen LogP contribution is -1.91. The largest absolute Gasteiger partial charge is 0.496 e. The zero-order chi connectivity index (χ0) is 14.9. The molecule has 2 aromatic heterocycles. The van der Waals surface area contributed by atoms with Crippen LogP contribution in [0.4, 0.5) is 0 Å². The van der Waals surface area contributed by atoms with Gasteiger partial charge in [-0.2, -0.15) is 0 Å². The van der Waals surface area contributed by atoms with Crippen LogP contribution < -0.4 is 4.74 Å². The van der Waals surface area contributed by atoms with Crippen molar-refractivity contribution in [3.05, 3.63) is 46.6 Å². The maximum Gasteiger partial charge on any atom is 0.128 e. The van der Waals surface area contributed by atoms with Gasteiger partial charge in [-0.1, -0.05) is 18.2 Å². The van der Waals surface area contributed by atoms with Crippen LogP contribution in [0.2, 0.25) is 0 Å². The van der Waals surface area contributed by atoms with Crippen LogP contribution in [0.15, 0.2) is 35.6 Å². The van der Waals surface area contributed by atoms with Gasteiger partial charge in [-0.15, -0.1) is 23.1 Å². The number of hydrogen-bond acceptors (Lipinski definition) is 5. The van der Waals surface area contributed by atoms with Crippen molar-refractivity contribution < 1.29 is 4.74 Å². The topological polar surface area (TPSA) is 35.0 Å². The Morgan fingerprint density at radius 1 is 1.23 bits per heavy atom. The molecule has 0 fully saturated rings. The fourth-order valence-electron chi connectivity index (χ4n) is 2.98. The number of aromatic nitrogens is 2. The minimum absolute atomic E-state index is 0.862. The van der Waals surface area contributed by atoms with Crippen LogP contribution in [0.25, 0.3) is 10.2 Å². The lowest BCUT2D eigenvalue weighted by Gasteiger charge is -2.08. The maximum absolute atomic E-state index is 5.44. The standard InChI is InChI=1S/C17H16N2OS2/c1-20-13-7-3-2-5-11(13)9-21-16-15-12-6-4-8-14(12)22-17(15)19-10-18-16/h2-3,5,7,10H,4,6,8-9H2,1H3. The highest BCUT2D eigenvalue weighted by Crippen LogP contribution is 2.41. The van der Waals surface area contributed by atoms with Gasteiger partial charge >= 0.3 is 0 Å². The van der Waals surface area contributed by atoms with E-state index in [-0.39, 0.29) is 0 Å². The van der Waals surface area contributed by atoms with Gasteiger partial charge in [-0.05, 0) is 30.9 Å². The van der Waals surface area contributed by atoms with Crippen LogP contribution in [-0.4, -0.2) is 17.1 Å². The van der Waals surface area contributed by atoms with Gasteiger partial charge in [0.15, 0.2) is 0 Å². The summed E-state index contributed by atoms with van der Waals surface area (Å²) in [5.41, 5.74) is 2.69. The average Bonchev–Trinajstić information content (AvgIpc) is 3.13. The highest BCUT2D eigenvalue weighted by atomic mass is 32.2. The number of methoxy groups -OCH3 is 1. The normalized spacial score (nSPS) is 13.5. The molecule has 1 aliphatic rings. The van der Waals surface area contributed by atoms with Crippen LogP contribution in [0.5, 0.6) is 5.75 Å². The molecular weight excluding hydrogens is 312 g/mol. The third-order valence-corrected chi connectivity index (χ3v) is 6.26. The van der Waals surface area contributed by atoms with Gasteiger partial charge in [0.1, 0.15) is 21.9 Å². The Morgan fingerprint density at radius 2 is 2.14 bits per heavy atom. The van der Waals surface area contributed by atoms with Crippen LogP contribution in [-0.2, 0) is 18.6 Å². The van der Waals surface area contributed by atoms with E-state index in [9.17, 15) is 0 Å². The van der Waals surface area contributed by atoms with Crippen LogP contribution in [0.3, 0.4) is 0 Å². The third kappa shape index (κ3) is 2.38. The molecule has 0 atom stereocenters. The quantitative estimate of drug-likeness (QED) is 0.522. The van der Waals surface area contributed by atoms with E-state index < -0.39 is 0 Å². The van der Waals surface area contributed by atoms with Gasteiger partial charge in [-0.3, -0.25) is 0 Å². The number of benzene rings is 1. The monoisotopic (exact) mass is 328 g/mol. The second-order valence-electron chi connectivity index (χ2n) is 5.32. The van der Waals surface area contributed by atoms with Crippen molar-refractivity contribution >= 4 is 33.3 Å². The SMILES string of the molecule is COc1ccccc1CSc1ncnc2sc3c(c12)CCC3. The summed E-state index contributed by atoms with van der Waals surface area (Å²) in [5.74, 6) is 1.80. The van der Waals surface area contributed by atoms with E-state index in [1.165, 1.54) is 40.7 Å². The molecule has 4 rings (SSSR count). The Kier molecular flexibility index (Phi) is 3.76. The molecule has 3 aromatic rings. The molecule has 2 heterocycles. The summed E-state index contributed by atoms with van der Waals surface area (Å²) in [5, 5.41) is 2.40. The number of rotatable bonds is 4. The molecule has 0 radical (unpaired) electrons. The molecule has 0 saturated carbocycles. The Balaban J connectivity index is 1.67. The molecule has 0 saturated heterocycles. The lowest BCUT2D eigenvalue weighted by atomic mass is 10.2. The molecule has 0 aliphatic heterocycles. The van der Waals surface area contributed by atoms with Crippen molar-refractivity contribution in [1.29, 1.82) is 0 Å². The third-order valence-electron chi connectivity index (χ3n) is 4.02. The first-order valence-corrected chi connectivity index (χ1v) is 9.17. The van der Waals surface area contributed by atoms with Gasteiger partial charge in [0.25, 0.3) is 0 Å². The number of thiophene rings is 1. The van der Waals surface area contributed by atoms with Gasteiger partial charge in [0.2, 0.25) is 0 Å². The maximum atomic E-state index is 5.44. The summed E-state index contributed by atoms with van der Waals surface area (Å²) in [7, 11) is 1.72. The van der Waals surface area contributed by atoms with E-state index in [4.69, 9.17) is 4.74 Å². The van der Waals surface area contributed by atoms with E-state index in [2.05, 4.69) is 22.1 Å². The molecule has 0 bridgehead atoms. The van der Waals surface area contributed by atoms with E-state index >= 15 is 0 Å². The first-order valence-electron chi connectivity index (χ1n) is 7.37. The van der Waals surface area contributed by atoms with E-state index in [0.29, 0.717) is 0 Å². The first kappa shape index (κ1) is 14.0. The summed E-state index contributed by atoms with van der Waals surface area (Å²) in [6.45, 7) is 0. The molecule has 1 aromatic carbocycles. The molecule has 22 heavy (non-hydrogen) atoms. The van der Waals surface area contributed by atoms with Crippen LogP contribution in [0.1, 0.15) is 22.4 Å². The predicted molar refractivity (Wildman–Crippen MR) is 92.0 cm³/mol. The lowest BCUT2D eigenvalue weighted by molar-refractivity contribution is 0.411. The van der Waals surface area contributed by atoms with Gasteiger partial charge < -0.3 is 4.74 Å². The molecule has 0 N–H and O–H groups in total. The van der Waals surface area contributed by atoms with E-state index in [0.717, 1.165) is 21.4 Å². The Labute approximate surface area is 137 Å². The Morgan fingerprint density at radius 3 is 3.05 bits per heavy atom. The fraction of sp³-hybridized carbons (Fsp3) is 0.294. The van der Waals surface area contributed by atoms with Gasteiger partial charge in [-0.25, -0.2) is 9.97 Å². The summed E-state index contributed by atoms with van der Waals surface area (Å²) >= 11 is 3.62. The van der Waals surface area contributed by atoms with Crippen molar-refractivity contribution in [3.63, 3.8) is 0 Å². The minimum atomic E-state index is 0.862. The van der Waals surface area contributed by atoms with E-state index in [1.54, 1.807) is 25.2 Å².